The summed E-state index contributed by atoms with van der Waals surface area (Å²) in [5, 5.41) is 13.4. The Balaban J connectivity index is 1.70. The van der Waals surface area contributed by atoms with Gasteiger partial charge in [0, 0.05) is 18.7 Å². The third kappa shape index (κ3) is 2.42. The van der Waals surface area contributed by atoms with E-state index in [0.717, 1.165) is 18.5 Å². The maximum absolute atomic E-state index is 9.45. The fraction of sp³-hybridized carbons (Fsp3) is 0.385. The summed E-state index contributed by atoms with van der Waals surface area (Å²) in [4.78, 5) is 6.49. The van der Waals surface area contributed by atoms with E-state index in [2.05, 4.69) is 15.0 Å². The van der Waals surface area contributed by atoms with Gasteiger partial charge in [0.2, 0.25) is 11.7 Å². The van der Waals surface area contributed by atoms with E-state index >= 15 is 0 Å². The topological polar surface area (TPSA) is 62.4 Å². The summed E-state index contributed by atoms with van der Waals surface area (Å²) in [7, 11) is 0. The van der Waals surface area contributed by atoms with Crippen LogP contribution in [0.3, 0.4) is 0 Å². The predicted molar refractivity (Wildman–Crippen MR) is 65.6 cm³/mol. The van der Waals surface area contributed by atoms with Crippen LogP contribution < -0.4 is 0 Å². The minimum Gasteiger partial charge on any atom is -0.392 e. The minimum atomic E-state index is -0.221. The molecule has 1 N–H and O–H groups in total. The van der Waals surface area contributed by atoms with Gasteiger partial charge in [-0.15, -0.1) is 0 Å². The number of aliphatic hydroxyl groups excluding tert-OH is 1. The molecule has 1 saturated heterocycles. The normalized spacial score (nSPS) is 20.4. The fourth-order valence-electron chi connectivity index (χ4n) is 2.17. The second kappa shape index (κ2) is 4.88. The van der Waals surface area contributed by atoms with Crippen molar-refractivity contribution in [3.63, 3.8) is 0 Å². The van der Waals surface area contributed by atoms with Crippen LogP contribution in [0.5, 0.6) is 0 Å². The molecule has 1 atom stereocenters. The highest BCUT2D eigenvalue weighted by Crippen LogP contribution is 2.17. The lowest BCUT2D eigenvalue weighted by atomic mass is 10.2. The van der Waals surface area contributed by atoms with Crippen molar-refractivity contribution in [3.8, 4) is 11.4 Å². The Morgan fingerprint density at radius 2 is 2.17 bits per heavy atom. The van der Waals surface area contributed by atoms with Crippen molar-refractivity contribution in [3.05, 3.63) is 36.2 Å². The lowest BCUT2D eigenvalue weighted by Crippen LogP contribution is -2.21. The van der Waals surface area contributed by atoms with Crippen molar-refractivity contribution < 1.29 is 9.63 Å². The number of aliphatic hydroxyl groups is 1. The molecule has 0 aliphatic carbocycles. The number of likely N-dealkylation sites (tertiary alicyclic amines) is 1. The van der Waals surface area contributed by atoms with E-state index in [1.165, 1.54) is 0 Å². The van der Waals surface area contributed by atoms with Gasteiger partial charge < -0.3 is 9.63 Å². The number of aromatic nitrogens is 2. The molecule has 0 spiro atoms. The van der Waals surface area contributed by atoms with Crippen LogP contribution in [0, 0.1) is 0 Å². The first kappa shape index (κ1) is 11.4. The van der Waals surface area contributed by atoms with Gasteiger partial charge >= 0.3 is 0 Å². The quantitative estimate of drug-likeness (QED) is 0.883. The SMILES string of the molecule is O[C@H]1CCN(Cc2nc(-c3ccccc3)no2)C1. The molecule has 1 aliphatic rings. The van der Waals surface area contributed by atoms with Crippen molar-refractivity contribution in [2.45, 2.75) is 19.1 Å². The van der Waals surface area contributed by atoms with Crippen molar-refractivity contribution in [1.29, 1.82) is 0 Å². The molecule has 1 aromatic carbocycles. The zero-order valence-corrected chi connectivity index (χ0v) is 9.99. The summed E-state index contributed by atoms with van der Waals surface area (Å²) >= 11 is 0. The van der Waals surface area contributed by atoms with Crippen LogP contribution in [-0.2, 0) is 6.54 Å². The van der Waals surface area contributed by atoms with Crippen molar-refractivity contribution in [2.75, 3.05) is 13.1 Å². The lowest BCUT2D eigenvalue weighted by Gasteiger charge is -2.10. The smallest absolute Gasteiger partial charge is 0.241 e. The second-order valence-corrected chi connectivity index (χ2v) is 4.56. The van der Waals surface area contributed by atoms with E-state index in [-0.39, 0.29) is 6.10 Å². The Hall–Kier alpha value is -1.72. The van der Waals surface area contributed by atoms with Crippen molar-refractivity contribution in [1.82, 2.24) is 15.0 Å². The molecule has 1 fully saturated rings. The van der Waals surface area contributed by atoms with Crippen molar-refractivity contribution in [2.24, 2.45) is 0 Å². The molecule has 5 heteroatoms. The number of benzene rings is 1. The maximum Gasteiger partial charge on any atom is 0.241 e. The molecule has 94 valence electrons. The first-order chi connectivity index (χ1) is 8.81. The zero-order valence-electron chi connectivity index (χ0n) is 9.99. The van der Waals surface area contributed by atoms with Gasteiger partial charge in [-0.3, -0.25) is 4.90 Å². The molecule has 0 radical (unpaired) electrons. The van der Waals surface area contributed by atoms with Crippen LogP contribution in [-0.4, -0.2) is 39.3 Å². The van der Waals surface area contributed by atoms with Gasteiger partial charge in [0.05, 0.1) is 12.6 Å². The standard InChI is InChI=1S/C13H15N3O2/c17-11-6-7-16(8-11)9-12-14-13(15-18-12)10-4-2-1-3-5-10/h1-5,11,17H,6-9H2/t11-/m0/s1. The zero-order chi connectivity index (χ0) is 12.4. The third-order valence-electron chi connectivity index (χ3n) is 3.11. The Bertz CT molecular complexity index is 512. The van der Waals surface area contributed by atoms with Gasteiger partial charge in [0.15, 0.2) is 0 Å². The summed E-state index contributed by atoms with van der Waals surface area (Å²) in [6.07, 6.45) is 0.598. The predicted octanol–water partition coefficient (Wildman–Crippen LogP) is 1.30. The Kier molecular flexibility index (Phi) is 3.08. The molecule has 0 saturated carbocycles. The van der Waals surface area contributed by atoms with Crippen LogP contribution in [0.25, 0.3) is 11.4 Å². The number of nitrogens with zero attached hydrogens (tertiary/aromatic N) is 3. The average Bonchev–Trinajstić information content (AvgIpc) is 3.01. The molecule has 18 heavy (non-hydrogen) atoms. The molecular formula is C13H15N3O2. The maximum atomic E-state index is 9.45. The van der Waals surface area contributed by atoms with Crippen LogP contribution in [0.15, 0.2) is 34.9 Å². The average molecular weight is 245 g/mol. The first-order valence-corrected chi connectivity index (χ1v) is 6.10. The van der Waals surface area contributed by atoms with Crippen molar-refractivity contribution >= 4 is 0 Å². The monoisotopic (exact) mass is 245 g/mol. The molecule has 0 bridgehead atoms. The van der Waals surface area contributed by atoms with Crippen LogP contribution in [0.4, 0.5) is 0 Å². The van der Waals surface area contributed by atoms with E-state index < -0.39 is 0 Å². The summed E-state index contributed by atoms with van der Waals surface area (Å²) in [6, 6.07) is 9.75. The number of β-amino-alcohol motifs (C(OH)–C–C–N with tert-alkyl or cyclic N) is 1. The highest BCUT2D eigenvalue weighted by molar-refractivity contribution is 5.53. The fourth-order valence-corrected chi connectivity index (χ4v) is 2.17. The molecule has 1 aliphatic heterocycles. The Morgan fingerprint density at radius 3 is 2.89 bits per heavy atom. The van der Waals surface area contributed by atoms with Crippen LogP contribution >= 0.6 is 0 Å². The summed E-state index contributed by atoms with van der Waals surface area (Å²) in [5.74, 6) is 1.22. The van der Waals surface area contributed by atoms with Crippen LogP contribution in [0.1, 0.15) is 12.3 Å². The van der Waals surface area contributed by atoms with E-state index in [1.807, 2.05) is 30.3 Å². The van der Waals surface area contributed by atoms with E-state index in [1.54, 1.807) is 0 Å². The molecule has 0 amide bonds. The van der Waals surface area contributed by atoms with Crippen LogP contribution in [0.2, 0.25) is 0 Å². The molecule has 2 aromatic rings. The van der Waals surface area contributed by atoms with E-state index in [4.69, 9.17) is 4.52 Å². The molecule has 0 unspecified atom stereocenters. The molecule has 3 rings (SSSR count). The van der Waals surface area contributed by atoms with Gasteiger partial charge in [-0.05, 0) is 6.42 Å². The largest absolute Gasteiger partial charge is 0.392 e. The molecule has 1 aromatic heterocycles. The summed E-state index contributed by atoms with van der Waals surface area (Å²) in [6.45, 7) is 2.17. The van der Waals surface area contributed by atoms with Gasteiger partial charge in [0.1, 0.15) is 0 Å². The second-order valence-electron chi connectivity index (χ2n) is 4.56. The highest BCUT2D eigenvalue weighted by Gasteiger charge is 2.22. The summed E-state index contributed by atoms with van der Waals surface area (Å²) < 4.78 is 5.23. The first-order valence-electron chi connectivity index (χ1n) is 6.10. The molecule has 2 heterocycles. The van der Waals surface area contributed by atoms with E-state index in [9.17, 15) is 5.11 Å². The van der Waals surface area contributed by atoms with Gasteiger partial charge in [-0.1, -0.05) is 35.5 Å². The van der Waals surface area contributed by atoms with Gasteiger partial charge in [-0.25, -0.2) is 0 Å². The Labute approximate surface area is 105 Å². The number of rotatable bonds is 3. The minimum absolute atomic E-state index is 0.221. The van der Waals surface area contributed by atoms with Gasteiger partial charge in [0.25, 0.3) is 0 Å². The Morgan fingerprint density at radius 1 is 1.33 bits per heavy atom. The molecule has 5 nitrogen and oxygen atoms in total. The number of hydrogen-bond acceptors (Lipinski definition) is 5. The molecular weight excluding hydrogens is 230 g/mol. The number of hydrogen-bond donors (Lipinski definition) is 1. The lowest BCUT2D eigenvalue weighted by molar-refractivity contribution is 0.169. The highest BCUT2D eigenvalue weighted by atomic mass is 16.5. The third-order valence-corrected chi connectivity index (χ3v) is 3.11. The van der Waals surface area contributed by atoms with Gasteiger partial charge in [-0.2, -0.15) is 4.98 Å². The summed E-state index contributed by atoms with van der Waals surface area (Å²) in [5.41, 5.74) is 0.953. The van der Waals surface area contributed by atoms with E-state index in [0.29, 0.717) is 24.8 Å².